The monoisotopic (exact) mass is 513 g/mol. The van der Waals surface area contributed by atoms with Gasteiger partial charge in [0.05, 0.1) is 5.39 Å². The van der Waals surface area contributed by atoms with E-state index in [0.717, 1.165) is 11.1 Å². The molecule has 5 heterocycles. The van der Waals surface area contributed by atoms with E-state index in [0.29, 0.717) is 53.4 Å². The van der Waals surface area contributed by atoms with Gasteiger partial charge in [-0.3, -0.25) is 10.1 Å². The number of nitriles is 1. The molecule has 1 aromatic carbocycles. The Morgan fingerprint density at radius 2 is 1.95 bits per heavy atom. The Kier molecular flexibility index (Phi) is 5.50. The number of rotatable bonds is 3. The molecular formula is C26H20ClN7O3. The largest absolute Gasteiger partial charge is 0.437 e. The first-order valence-corrected chi connectivity index (χ1v) is 12.1. The minimum atomic E-state index is -0.811. The molecule has 0 unspecified atom stereocenters. The number of carbonyl (C=O) groups is 2. The highest BCUT2D eigenvalue weighted by Crippen LogP contribution is 2.42. The molecule has 0 aliphatic carbocycles. The van der Waals surface area contributed by atoms with Gasteiger partial charge in [-0.25, -0.2) is 19.7 Å². The van der Waals surface area contributed by atoms with Crippen LogP contribution in [0.25, 0.3) is 22.2 Å². The number of halogens is 1. The molecule has 4 aromatic rings. The third kappa shape index (κ3) is 3.84. The van der Waals surface area contributed by atoms with Crippen molar-refractivity contribution in [1.82, 2.24) is 24.4 Å². The first-order chi connectivity index (χ1) is 18.0. The average Bonchev–Trinajstić information content (AvgIpc) is 3.27. The maximum Gasteiger partial charge on any atom is 0.413 e. The summed E-state index contributed by atoms with van der Waals surface area (Å²) < 4.78 is 7.47. The molecule has 1 N–H and O–H groups in total. The van der Waals surface area contributed by atoms with Gasteiger partial charge in [-0.05, 0) is 18.2 Å². The van der Waals surface area contributed by atoms with Gasteiger partial charge in [-0.1, -0.05) is 29.8 Å². The van der Waals surface area contributed by atoms with Crippen LogP contribution in [0.15, 0.2) is 55.1 Å². The fourth-order valence-electron chi connectivity index (χ4n) is 5.17. The van der Waals surface area contributed by atoms with Crippen molar-refractivity contribution < 1.29 is 14.3 Å². The summed E-state index contributed by atoms with van der Waals surface area (Å²) in [5.41, 5.74) is 2.12. The van der Waals surface area contributed by atoms with E-state index in [1.807, 2.05) is 30.3 Å². The van der Waals surface area contributed by atoms with Crippen LogP contribution in [0.1, 0.15) is 24.1 Å². The molecule has 2 aliphatic heterocycles. The molecule has 1 spiro atoms. The molecule has 2 aliphatic rings. The molecule has 3 aromatic heterocycles. The Morgan fingerprint density at radius 1 is 1.14 bits per heavy atom. The number of anilines is 1. The van der Waals surface area contributed by atoms with Crippen LogP contribution in [-0.2, 0) is 21.7 Å². The third-order valence-corrected chi connectivity index (χ3v) is 7.29. The number of hydrogen-bond donors (Lipinski definition) is 1. The summed E-state index contributed by atoms with van der Waals surface area (Å²) in [4.78, 5) is 40.1. The number of benzene rings is 1. The zero-order valence-electron chi connectivity index (χ0n) is 19.5. The molecule has 0 bridgehead atoms. The van der Waals surface area contributed by atoms with Crippen LogP contribution < -0.4 is 5.32 Å². The molecule has 10 nitrogen and oxygen atoms in total. The molecule has 2 amide bonds. The zero-order valence-corrected chi connectivity index (χ0v) is 20.3. The summed E-state index contributed by atoms with van der Waals surface area (Å²) in [6, 6.07) is 13.1. The average molecular weight is 514 g/mol. The third-order valence-electron chi connectivity index (χ3n) is 6.96. The van der Waals surface area contributed by atoms with E-state index in [-0.39, 0.29) is 18.1 Å². The summed E-state index contributed by atoms with van der Waals surface area (Å²) in [5, 5.41) is 13.4. The number of nitrogens with one attached hydrogen (secondary N) is 1. The molecule has 1 saturated heterocycles. The van der Waals surface area contributed by atoms with Gasteiger partial charge < -0.3 is 14.2 Å². The standard InChI is InChI=1S/C26H20ClN7O3/c27-19-6-2-1-4-16(19)17-13-34(24-22(17)20(12-28)30-15-31-24)14-21(35)33-10-7-26(8-11-33)18-5-3-9-29-23(18)32-25(36)37-26/h1-6,9,13,15H,7-8,10-11,14H2,(H,29,32,36). The summed E-state index contributed by atoms with van der Waals surface area (Å²) >= 11 is 6.46. The quantitative estimate of drug-likeness (QED) is 0.437. The van der Waals surface area contributed by atoms with E-state index in [4.69, 9.17) is 16.3 Å². The van der Waals surface area contributed by atoms with Gasteiger partial charge in [0.1, 0.15) is 36.0 Å². The lowest BCUT2D eigenvalue weighted by atomic mass is 9.83. The maximum absolute atomic E-state index is 13.4. The maximum atomic E-state index is 13.4. The van der Waals surface area contributed by atoms with Crippen LogP contribution >= 0.6 is 11.6 Å². The normalized spacial score (nSPS) is 16.1. The zero-order chi connectivity index (χ0) is 25.6. The van der Waals surface area contributed by atoms with Crippen molar-refractivity contribution in [3.8, 4) is 17.2 Å². The first-order valence-electron chi connectivity index (χ1n) is 11.7. The number of hydrogen-bond acceptors (Lipinski definition) is 7. The highest BCUT2D eigenvalue weighted by molar-refractivity contribution is 6.33. The van der Waals surface area contributed by atoms with Crippen molar-refractivity contribution >= 4 is 40.5 Å². The number of ether oxygens (including phenoxy) is 1. The second-order valence-electron chi connectivity index (χ2n) is 8.97. The number of fused-ring (bicyclic) bond motifs is 3. The number of amides is 2. The van der Waals surface area contributed by atoms with Gasteiger partial charge in [-0.15, -0.1) is 0 Å². The van der Waals surface area contributed by atoms with E-state index in [2.05, 4.69) is 26.3 Å². The Labute approximate surface area is 216 Å². The van der Waals surface area contributed by atoms with Crippen molar-refractivity contribution in [1.29, 1.82) is 5.26 Å². The Morgan fingerprint density at radius 3 is 2.73 bits per heavy atom. The predicted molar refractivity (Wildman–Crippen MR) is 135 cm³/mol. The van der Waals surface area contributed by atoms with Crippen LogP contribution in [-0.4, -0.2) is 49.5 Å². The smallest absolute Gasteiger partial charge is 0.413 e. The molecule has 0 saturated carbocycles. The number of piperidine rings is 1. The van der Waals surface area contributed by atoms with Crippen molar-refractivity contribution in [3.05, 3.63) is 71.4 Å². The lowest BCUT2D eigenvalue weighted by molar-refractivity contribution is -0.136. The summed E-state index contributed by atoms with van der Waals surface area (Å²) in [5.74, 6) is 0.388. The molecule has 0 atom stereocenters. The van der Waals surface area contributed by atoms with Crippen LogP contribution in [0.2, 0.25) is 5.02 Å². The fourth-order valence-corrected chi connectivity index (χ4v) is 5.41. The summed E-state index contributed by atoms with van der Waals surface area (Å²) in [6.07, 6.45) is 5.12. The fraction of sp³-hybridized carbons (Fsp3) is 0.231. The molecule has 11 heteroatoms. The van der Waals surface area contributed by atoms with E-state index >= 15 is 0 Å². The second-order valence-corrected chi connectivity index (χ2v) is 9.38. The predicted octanol–water partition coefficient (Wildman–Crippen LogP) is 4.10. The van der Waals surface area contributed by atoms with Crippen LogP contribution in [0.5, 0.6) is 0 Å². The van der Waals surface area contributed by atoms with Crippen LogP contribution in [0.3, 0.4) is 0 Å². The van der Waals surface area contributed by atoms with Gasteiger partial charge >= 0.3 is 6.09 Å². The number of pyridine rings is 1. The van der Waals surface area contributed by atoms with Gasteiger partial charge in [-0.2, -0.15) is 5.26 Å². The minimum Gasteiger partial charge on any atom is -0.437 e. The van der Waals surface area contributed by atoms with Crippen LogP contribution in [0, 0.1) is 11.3 Å². The molecular weight excluding hydrogens is 494 g/mol. The second kappa shape index (κ2) is 8.87. The van der Waals surface area contributed by atoms with Crippen molar-refractivity contribution in [2.24, 2.45) is 0 Å². The van der Waals surface area contributed by atoms with E-state index in [9.17, 15) is 14.9 Å². The number of likely N-dealkylation sites (tertiary alicyclic amines) is 1. The van der Waals surface area contributed by atoms with Crippen molar-refractivity contribution in [3.63, 3.8) is 0 Å². The van der Waals surface area contributed by atoms with Gasteiger partial charge in [0.2, 0.25) is 5.91 Å². The van der Waals surface area contributed by atoms with Crippen molar-refractivity contribution in [2.45, 2.75) is 25.0 Å². The minimum absolute atomic E-state index is 0.0231. The molecule has 6 rings (SSSR count). The lowest BCUT2D eigenvalue weighted by Gasteiger charge is -2.43. The molecule has 37 heavy (non-hydrogen) atoms. The van der Waals surface area contributed by atoms with Crippen LogP contribution in [0.4, 0.5) is 10.6 Å². The van der Waals surface area contributed by atoms with Gasteiger partial charge in [0.15, 0.2) is 5.69 Å². The number of nitrogens with zero attached hydrogens (tertiary/aromatic N) is 6. The SMILES string of the molecule is N#Cc1ncnc2c1c(-c1ccccc1Cl)cn2CC(=O)N1CCC2(CC1)OC(=O)Nc1ncccc12. The van der Waals surface area contributed by atoms with E-state index in [1.54, 1.807) is 27.9 Å². The molecule has 184 valence electrons. The Hall–Kier alpha value is -4.49. The highest BCUT2D eigenvalue weighted by Gasteiger charge is 2.45. The number of carbonyl (C=O) groups excluding carboxylic acids is 2. The first kappa shape index (κ1) is 22.9. The topological polar surface area (TPSA) is 126 Å². The van der Waals surface area contributed by atoms with Gasteiger partial charge in [0, 0.05) is 60.0 Å². The Bertz CT molecular complexity index is 1600. The Balaban J connectivity index is 1.28. The van der Waals surface area contributed by atoms with E-state index < -0.39 is 11.7 Å². The van der Waals surface area contributed by atoms with Gasteiger partial charge in [0.25, 0.3) is 0 Å². The van der Waals surface area contributed by atoms with Crippen molar-refractivity contribution in [2.75, 3.05) is 18.4 Å². The summed E-state index contributed by atoms with van der Waals surface area (Å²) in [7, 11) is 0. The molecule has 0 radical (unpaired) electrons. The molecule has 1 fully saturated rings. The number of aromatic nitrogens is 4. The lowest BCUT2D eigenvalue weighted by Crippen LogP contribution is -2.50. The van der Waals surface area contributed by atoms with E-state index in [1.165, 1.54) is 6.33 Å². The highest BCUT2D eigenvalue weighted by atomic mass is 35.5. The summed E-state index contributed by atoms with van der Waals surface area (Å²) in [6.45, 7) is 0.847.